The quantitative estimate of drug-likeness (QED) is 0.313. The van der Waals surface area contributed by atoms with Crippen LogP contribution in [0, 0.1) is 0 Å². The molecule has 0 saturated heterocycles. The first-order chi connectivity index (χ1) is 17.9. The zero-order chi connectivity index (χ0) is 23.6. The summed E-state index contributed by atoms with van der Waals surface area (Å²) in [7, 11) is 0. The highest BCUT2D eigenvalue weighted by molar-refractivity contribution is 6.23. The van der Waals surface area contributed by atoms with Crippen LogP contribution in [-0.2, 0) is 6.54 Å². The van der Waals surface area contributed by atoms with E-state index in [9.17, 15) is 0 Å². The lowest BCUT2D eigenvalue weighted by molar-refractivity contribution is 0.907. The van der Waals surface area contributed by atoms with Crippen molar-refractivity contribution in [2.24, 2.45) is 4.99 Å². The number of hydrogen-bond acceptors (Lipinski definition) is 4. The van der Waals surface area contributed by atoms with Crippen molar-refractivity contribution >= 4 is 55.6 Å². The Morgan fingerprint density at radius 1 is 0.639 bits per heavy atom. The average molecular weight is 465 g/mol. The second-order valence-corrected chi connectivity index (χ2v) is 9.04. The Bertz CT molecular complexity index is 2000. The fraction of sp³-hybridized carbons (Fsp3) is 0.0333. The van der Waals surface area contributed by atoms with Crippen molar-refractivity contribution in [2.45, 2.75) is 6.54 Å². The molecule has 0 radical (unpaired) electrons. The van der Waals surface area contributed by atoms with Gasteiger partial charge in [0.05, 0.1) is 52.5 Å². The molecule has 1 aliphatic heterocycles. The van der Waals surface area contributed by atoms with E-state index in [1.807, 2.05) is 6.20 Å². The molecule has 3 aromatic heterocycles. The van der Waals surface area contributed by atoms with E-state index in [2.05, 4.69) is 110 Å². The highest BCUT2D eigenvalue weighted by atomic mass is 15.2. The number of nitrogens with zero attached hydrogens (tertiary/aromatic N) is 5. The summed E-state index contributed by atoms with van der Waals surface area (Å²) >= 11 is 0. The molecule has 1 aliphatic rings. The van der Waals surface area contributed by atoms with E-state index in [-0.39, 0.29) is 0 Å². The lowest BCUT2D eigenvalue weighted by Crippen LogP contribution is -2.11. The number of hydrogen-bond donors (Lipinski definition) is 1. The van der Waals surface area contributed by atoms with Crippen LogP contribution in [0.1, 0.15) is 5.69 Å². The van der Waals surface area contributed by atoms with Crippen LogP contribution in [0.25, 0.3) is 55.2 Å². The maximum Gasteiger partial charge on any atom is 0.235 e. The second kappa shape index (κ2) is 7.26. The Kier molecular flexibility index (Phi) is 3.90. The first kappa shape index (κ1) is 19.3. The van der Waals surface area contributed by atoms with Crippen LogP contribution in [0.5, 0.6) is 0 Å². The van der Waals surface area contributed by atoms with Crippen molar-refractivity contribution in [2.75, 3.05) is 5.32 Å². The van der Waals surface area contributed by atoms with Crippen LogP contribution in [0.2, 0.25) is 0 Å². The summed E-state index contributed by atoms with van der Waals surface area (Å²) in [5.41, 5.74) is 7.42. The van der Waals surface area contributed by atoms with Crippen LogP contribution < -0.4 is 5.32 Å². The van der Waals surface area contributed by atoms with Gasteiger partial charge in [-0.2, -0.15) is 0 Å². The Hall–Kier alpha value is -4.97. The van der Waals surface area contributed by atoms with Crippen LogP contribution in [0.4, 0.5) is 5.69 Å². The minimum atomic E-state index is 0.536. The SMILES string of the molecule is C1=NCc2nc(-n3c4ccccc4c4ccc5c6ccccc6n(-c6ccccc6)c5c43)ncc2N1. The van der Waals surface area contributed by atoms with Crippen LogP contribution >= 0.6 is 0 Å². The monoisotopic (exact) mass is 464 g/mol. The number of para-hydroxylation sites is 3. The van der Waals surface area contributed by atoms with Gasteiger partial charge in [-0.05, 0) is 24.3 Å². The normalized spacial score (nSPS) is 13.0. The Labute approximate surface area is 206 Å². The predicted octanol–water partition coefficient (Wildman–Crippen LogP) is 6.62. The largest absolute Gasteiger partial charge is 0.344 e. The molecular formula is C30H20N6. The molecule has 0 saturated carbocycles. The number of anilines is 1. The number of fused-ring (bicyclic) bond motifs is 8. The lowest BCUT2D eigenvalue weighted by Gasteiger charge is -2.14. The standard InChI is InChI=1S/C30H20N6/c1-2-8-19(9-3-1)35-26-12-6-4-10-20(26)22-14-15-23-21-11-5-7-13-27(21)36(29(23)28(22)35)30-32-17-24-25(34-30)16-31-18-33-24/h1-15,17-18H,16H2,(H,31,33). The van der Waals surface area contributed by atoms with Gasteiger partial charge in [-0.1, -0.05) is 66.7 Å². The van der Waals surface area contributed by atoms with E-state index >= 15 is 0 Å². The van der Waals surface area contributed by atoms with Crippen LogP contribution in [0.3, 0.4) is 0 Å². The molecule has 0 atom stereocenters. The zero-order valence-electron chi connectivity index (χ0n) is 19.3. The minimum absolute atomic E-state index is 0.536. The number of rotatable bonds is 2. The summed E-state index contributed by atoms with van der Waals surface area (Å²) in [5.74, 6) is 0.649. The van der Waals surface area contributed by atoms with Gasteiger partial charge in [0.1, 0.15) is 0 Å². The van der Waals surface area contributed by atoms with Crippen molar-refractivity contribution in [3.63, 3.8) is 0 Å². The van der Waals surface area contributed by atoms with Gasteiger partial charge in [0.15, 0.2) is 0 Å². The van der Waals surface area contributed by atoms with Gasteiger partial charge in [-0.15, -0.1) is 0 Å². The van der Waals surface area contributed by atoms with Crippen molar-refractivity contribution in [3.05, 3.63) is 103 Å². The molecule has 1 N–H and O–H groups in total. The van der Waals surface area contributed by atoms with E-state index < -0.39 is 0 Å². The fourth-order valence-electron chi connectivity index (χ4n) is 5.56. The molecule has 36 heavy (non-hydrogen) atoms. The molecule has 0 aliphatic carbocycles. The van der Waals surface area contributed by atoms with E-state index in [0.29, 0.717) is 12.5 Å². The molecule has 4 aromatic carbocycles. The number of aliphatic imine (C=N–C) groups is 1. The zero-order valence-corrected chi connectivity index (χ0v) is 19.3. The molecule has 0 amide bonds. The predicted molar refractivity (Wildman–Crippen MR) is 147 cm³/mol. The first-order valence-corrected chi connectivity index (χ1v) is 12.0. The van der Waals surface area contributed by atoms with Gasteiger partial charge < -0.3 is 9.88 Å². The maximum absolute atomic E-state index is 4.99. The molecular weight excluding hydrogens is 444 g/mol. The summed E-state index contributed by atoms with van der Waals surface area (Å²) in [4.78, 5) is 14.2. The maximum atomic E-state index is 4.99. The number of aromatic nitrogens is 4. The summed E-state index contributed by atoms with van der Waals surface area (Å²) in [5, 5.41) is 7.94. The van der Waals surface area contributed by atoms with Gasteiger partial charge in [0.25, 0.3) is 0 Å². The Morgan fingerprint density at radius 3 is 2.03 bits per heavy atom. The highest BCUT2D eigenvalue weighted by Crippen LogP contribution is 2.41. The third kappa shape index (κ3) is 2.58. The molecule has 7 aromatic rings. The van der Waals surface area contributed by atoms with Crippen LogP contribution in [-0.4, -0.2) is 25.4 Å². The van der Waals surface area contributed by atoms with Crippen molar-refractivity contribution in [1.82, 2.24) is 19.1 Å². The molecule has 6 heteroatoms. The molecule has 0 bridgehead atoms. The molecule has 6 nitrogen and oxygen atoms in total. The fourth-order valence-corrected chi connectivity index (χ4v) is 5.56. The summed E-state index contributed by atoms with van der Waals surface area (Å²) in [6.45, 7) is 0.536. The van der Waals surface area contributed by atoms with Crippen molar-refractivity contribution in [3.8, 4) is 11.6 Å². The van der Waals surface area contributed by atoms with Gasteiger partial charge in [0.2, 0.25) is 5.95 Å². The van der Waals surface area contributed by atoms with Gasteiger partial charge in [-0.3, -0.25) is 9.56 Å². The van der Waals surface area contributed by atoms with Crippen LogP contribution in [0.15, 0.2) is 102 Å². The van der Waals surface area contributed by atoms with Gasteiger partial charge in [0, 0.05) is 27.2 Å². The number of benzene rings is 4. The summed E-state index contributed by atoms with van der Waals surface area (Å²) < 4.78 is 4.58. The average Bonchev–Trinajstić information content (AvgIpc) is 3.46. The van der Waals surface area contributed by atoms with E-state index in [4.69, 9.17) is 9.97 Å². The highest BCUT2D eigenvalue weighted by Gasteiger charge is 2.22. The van der Waals surface area contributed by atoms with Crippen molar-refractivity contribution < 1.29 is 0 Å². The Balaban J connectivity index is 1.60. The minimum Gasteiger partial charge on any atom is -0.344 e. The first-order valence-electron chi connectivity index (χ1n) is 12.0. The molecule has 0 unspecified atom stereocenters. The number of nitrogens with one attached hydrogen (secondary N) is 1. The molecule has 4 heterocycles. The molecule has 0 fully saturated rings. The summed E-state index contributed by atoms with van der Waals surface area (Å²) in [6.07, 6.45) is 3.56. The smallest absolute Gasteiger partial charge is 0.235 e. The topological polar surface area (TPSA) is 60.0 Å². The van der Waals surface area contributed by atoms with Gasteiger partial charge >= 0.3 is 0 Å². The summed E-state index contributed by atoms with van der Waals surface area (Å²) in [6, 6.07) is 32.2. The molecule has 170 valence electrons. The van der Waals surface area contributed by atoms with E-state index in [0.717, 1.165) is 33.6 Å². The second-order valence-electron chi connectivity index (χ2n) is 9.04. The lowest BCUT2D eigenvalue weighted by atomic mass is 10.1. The van der Waals surface area contributed by atoms with Crippen molar-refractivity contribution in [1.29, 1.82) is 0 Å². The Morgan fingerprint density at radius 2 is 1.28 bits per heavy atom. The van der Waals surface area contributed by atoms with E-state index in [1.165, 1.54) is 27.1 Å². The third-order valence-electron chi connectivity index (χ3n) is 7.09. The third-order valence-corrected chi connectivity index (χ3v) is 7.09. The molecule has 8 rings (SSSR count). The molecule has 0 spiro atoms. The van der Waals surface area contributed by atoms with Gasteiger partial charge in [-0.25, -0.2) is 9.97 Å². The van der Waals surface area contributed by atoms with E-state index in [1.54, 1.807) is 6.34 Å².